The van der Waals surface area contributed by atoms with Gasteiger partial charge in [0, 0.05) is 56.1 Å². The summed E-state index contributed by atoms with van der Waals surface area (Å²) in [5.74, 6) is 1.59. The Morgan fingerprint density at radius 3 is 2.64 bits per heavy atom. The summed E-state index contributed by atoms with van der Waals surface area (Å²) in [6, 6.07) is 13.0. The standard InChI is InChI=1S/C25H29ClN6O3.ClH/c1-4-23(33)28-17-6-5-7-19(14-17)35-24-20(26)16-27-25(30-24)29-21-9-8-18(15-22(21)34-3)32-12-10-31(2)11-13-32;/h5-9,14-16H,4,10-13H2,1-3H3,(H,28,33)(H,27,29,30);1H. The zero-order valence-electron chi connectivity index (χ0n) is 20.5. The van der Waals surface area contributed by atoms with Crippen molar-refractivity contribution in [2.24, 2.45) is 0 Å². The number of amides is 1. The van der Waals surface area contributed by atoms with E-state index in [0.29, 0.717) is 29.6 Å². The molecule has 0 radical (unpaired) electrons. The molecule has 192 valence electrons. The molecule has 1 aliphatic heterocycles. The molecule has 2 aromatic carbocycles. The van der Waals surface area contributed by atoms with E-state index in [4.69, 9.17) is 21.1 Å². The number of ether oxygens (including phenoxy) is 2. The molecular formula is C25H30Cl2N6O3. The summed E-state index contributed by atoms with van der Waals surface area (Å²) >= 11 is 6.29. The van der Waals surface area contributed by atoms with Crippen LogP contribution < -0.4 is 25.0 Å². The highest BCUT2D eigenvalue weighted by Gasteiger charge is 2.17. The predicted molar refractivity (Wildman–Crippen MR) is 146 cm³/mol. The van der Waals surface area contributed by atoms with Crippen molar-refractivity contribution in [3.05, 3.63) is 53.7 Å². The molecule has 0 atom stereocenters. The first-order chi connectivity index (χ1) is 16.9. The second-order valence-corrected chi connectivity index (χ2v) is 8.59. The SMILES string of the molecule is CCC(=O)Nc1cccc(Oc2nc(Nc3ccc(N4CCN(C)CC4)cc3OC)ncc2Cl)c1.Cl. The number of anilines is 4. The molecule has 1 aromatic heterocycles. The average Bonchev–Trinajstić information content (AvgIpc) is 2.87. The first-order valence-electron chi connectivity index (χ1n) is 11.4. The molecule has 2 N–H and O–H groups in total. The molecule has 36 heavy (non-hydrogen) atoms. The lowest BCUT2D eigenvalue weighted by Gasteiger charge is -2.34. The van der Waals surface area contributed by atoms with Crippen LogP contribution in [0.1, 0.15) is 13.3 Å². The van der Waals surface area contributed by atoms with E-state index in [1.165, 1.54) is 6.20 Å². The molecule has 2 heterocycles. The van der Waals surface area contributed by atoms with Crippen LogP contribution in [0.3, 0.4) is 0 Å². The number of carbonyl (C=O) groups excluding carboxylic acids is 1. The van der Waals surface area contributed by atoms with E-state index in [9.17, 15) is 4.79 Å². The normalized spacial score (nSPS) is 13.5. The van der Waals surface area contributed by atoms with Crippen LogP contribution in [0.25, 0.3) is 0 Å². The van der Waals surface area contributed by atoms with E-state index >= 15 is 0 Å². The highest BCUT2D eigenvalue weighted by molar-refractivity contribution is 6.31. The summed E-state index contributed by atoms with van der Waals surface area (Å²) in [5.41, 5.74) is 2.46. The number of likely N-dealkylation sites (N-methyl/N-ethyl adjacent to an activating group) is 1. The van der Waals surface area contributed by atoms with Crippen LogP contribution in [-0.2, 0) is 4.79 Å². The first kappa shape index (κ1) is 27.3. The van der Waals surface area contributed by atoms with Crippen LogP contribution in [0.5, 0.6) is 17.4 Å². The third-order valence-corrected chi connectivity index (χ3v) is 5.92. The van der Waals surface area contributed by atoms with Crippen molar-refractivity contribution in [3.8, 4) is 17.4 Å². The number of benzene rings is 2. The maximum absolute atomic E-state index is 11.7. The van der Waals surface area contributed by atoms with E-state index < -0.39 is 0 Å². The van der Waals surface area contributed by atoms with Gasteiger partial charge in [-0.25, -0.2) is 4.98 Å². The van der Waals surface area contributed by atoms with Crippen molar-refractivity contribution in [3.63, 3.8) is 0 Å². The summed E-state index contributed by atoms with van der Waals surface area (Å²) in [5, 5.41) is 6.25. The Morgan fingerprint density at radius 2 is 1.92 bits per heavy atom. The fourth-order valence-electron chi connectivity index (χ4n) is 3.65. The third-order valence-electron chi connectivity index (χ3n) is 5.67. The number of nitrogens with zero attached hydrogens (tertiary/aromatic N) is 4. The third kappa shape index (κ3) is 6.90. The molecule has 0 spiro atoms. The summed E-state index contributed by atoms with van der Waals surface area (Å²) in [7, 11) is 3.77. The number of carbonyl (C=O) groups is 1. The molecule has 1 fully saturated rings. The van der Waals surface area contributed by atoms with Crippen molar-refractivity contribution in [2.75, 3.05) is 55.9 Å². The number of piperazine rings is 1. The fraction of sp³-hybridized carbons (Fsp3) is 0.320. The molecule has 11 heteroatoms. The molecular weight excluding hydrogens is 503 g/mol. The average molecular weight is 533 g/mol. The van der Waals surface area contributed by atoms with Gasteiger partial charge in [0.05, 0.1) is 19.0 Å². The number of aromatic nitrogens is 2. The minimum atomic E-state index is -0.0821. The first-order valence-corrected chi connectivity index (χ1v) is 11.8. The highest BCUT2D eigenvalue weighted by Crippen LogP contribution is 2.34. The van der Waals surface area contributed by atoms with Gasteiger partial charge in [0.2, 0.25) is 17.7 Å². The summed E-state index contributed by atoms with van der Waals surface area (Å²) in [6.07, 6.45) is 1.86. The number of halogens is 2. The van der Waals surface area contributed by atoms with E-state index in [1.807, 2.05) is 12.1 Å². The second-order valence-electron chi connectivity index (χ2n) is 8.18. The Kier molecular flexibility index (Phi) is 9.58. The smallest absolute Gasteiger partial charge is 0.243 e. The van der Waals surface area contributed by atoms with Gasteiger partial charge in [0.1, 0.15) is 16.5 Å². The number of methoxy groups -OCH3 is 1. The summed E-state index contributed by atoms with van der Waals surface area (Å²) in [4.78, 5) is 25.0. The van der Waals surface area contributed by atoms with E-state index in [2.05, 4.69) is 43.5 Å². The lowest BCUT2D eigenvalue weighted by molar-refractivity contribution is -0.115. The maximum Gasteiger partial charge on any atom is 0.243 e. The Bertz CT molecular complexity index is 1190. The molecule has 1 amide bonds. The zero-order valence-corrected chi connectivity index (χ0v) is 22.0. The number of rotatable bonds is 8. The Labute approximate surface area is 222 Å². The number of hydrogen-bond acceptors (Lipinski definition) is 8. The van der Waals surface area contributed by atoms with Crippen molar-refractivity contribution in [2.45, 2.75) is 13.3 Å². The molecule has 0 saturated carbocycles. The van der Waals surface area contributed by atoms with Gasteiger partial charge in [0.25, 0.3) is 0 Å². The molecule has 1 aliphatic rings. The Morgan fingerprint density at radius 1 is 1.14 bits per heavy atom. The Balaban J connectivity index is 0.00000361. The lowest BCUT2D eigenvalue weighted by Crippen LogP contribution is -2.44. The van der Waals surface area contributed by atoms with Gasteiger partial charge < -0.3 is 29.9 Å². The van der Waals surface area contributed by atoms with Crippen molar-refractivity contribution in [1.29, 1.82) is 0 Å². The molecule has 3 aromatic rings. The fourth-order valence-corrected chi connectivity index (χ4v) is 3.78. The molecule has 0 aliphatic carbocycles. The maximum atomic E-state index is 11.7. The monoisotopic (exact) mass is 532 g/mol. The molecule has 0 bridgehead atoms. The van der Waals surface area contributed by atoms with E-state index in [-0.39, 0.29) is 29.2 Å². The van der Waals surface area contributed by atoms with Crippen molar-refractivity contribution in [1.82, 2.24) is 14.9 Å². The van der Waals surface area contributed by atoms with Crippen LogP contribution >= 0.6 is 24.0 Å². The van der Waals surface area contributed by atoms with Gasteiger partial charge in [-0.3, -0.25) is 4.79 Å². The van der Waals surface area contributed by atoms with Crippen LogP contribution in [0.15, 0.2) is 48.7 Å². The topological polar surface area (TPSA) is 91.8 Å². The van der Waals surface area contributed by atoms with Gasteiger partial charge in [-0.15, -0.1) is 12.4 Å². The number of hydrogen-bond donors (Lipinski definition) is 2. The van der Waals surface area contributed by atoms with E-state index in [0.717, 1.165) is 37.6 Å². The minimum Gasteiger partial charge on any atom is -0.494 e. The largest absolute Gasteiger partial charge is 0.494 e. The lowest BCUT2D eigenvalue weighted by atomic mass is 10.2. The van der Waals surface area contributed by atoms with Crippen molar-refractivity contribution < 1.29 is 14.3 Å². The van der Waals surface area contributed by atoms with Gasteiger partial charge >= 0.3 is 0 Å². The predicted octanol–water partition coefficient (Wildman–Crippen LogP) is 5.20. The van der Waals surface area contributed by atoms with Crippen LogP contribution in [0.4, 0.5) is 23.0 Å². The van der Waals surface area contributed by atoms with Crippen molar-refractivity contribution >= 4 is 52.9 Å². The quantitative estimate of drug-likeness (QED) is 0.409. The van der Waals surface area contributed by atoms with Gasteiger partial charge in [0.15, 0.2) is 0 Å². The molecule has 4 rings (SSSR count). The highest BCUT2D eigenvalue weighted by atomic mass is 35.5. The van der Waals surface area contributed by atoms with Crippen LogP contribution in [0, 0.1) is 0 Å². The Hall–Kier alpha value is -3.27. The summed E-state index contributed by atoms with van der Waals surface area (Å²) in [6.45, 7) is 5.78. The zero-order chi connectivity index (χ0) is 24.8. The minimum absolute atomic E-state index is 0. The molecule has 1 saturated heterocycles. The van der Waals surface area contributed by atoms with E-state index in [1.54, 1.807) is 38.3 Å². The summed E-state index contributed by atoms with van der Waals surface area (Å²) < 4.78 is 11.5. The van der Waals surface area contributed by atoms with Crippen LogP contribution in [0.2, 0.25) is 5.02 Å². The second kappa shape index (κ2) is 12.6. The van der Waals surface area contributed by atoms with Crippen LogP contribution in [-0.4, -0.2) is 61.1 Å². The number of nitrogens with one attached hydrogen (secondary N) is 2. The van der Waals surface area contributed by atoms with Gasteiger partial charge in [-0.1, -0.05) is 24.6 Å². The molecule has 0 unspecified atom stereocenters. The van der Waals surface area contributed by atoms with Gasteiger partial charge in [-0.05, 0) is 31.3 Å². The molecule has 9 nitrogen and oxygen atoms in total. The van der Waals surface area contributed by atoms with Gasteiger partial charge in [-0.2, -0.15) is 4.98 Å².